The van der Waals surface area contributed by atoms with Crippen LogP contribution in [0.15, 0.2) is 24.4 Å². The van der Waals surface area contributed by atoms with Gasteiger partial charge in [-0.25, -0.2) is 0 Å². The van der Waals surface area contributed by atoms with E-state index in [9.17, 15) is 22.8 Å². The molecule has 2 aromatic rings. The summed E-state index contributed by atoms with van der Waals surface area (Å²) in [6, 6.07) is 4.96. The second-order valence-corrected chi connectivity index (χ2v) is 5.77. The Morgan fingerprint density at radius 2 is 2.16 bits per heavy atom. The van der Waals surface area contributed by atoms with Crippen molar-refractivity contribution < 1.29 is 22.8 Å². The van der Waals surface area contributed by atoms with Gasteiger partial charge in [0.1, 0.15) is 6.54 Å². The second-order valence-electron chi connectivity index (χ2n) is 5.77. The van der Waals surface area contributed by atoms with Crippen LogP contribution in [0.1, 0.15) is 32.0 Å². The van der Waals surface area contributed by atoms with Gasteiger partial charge in [0.05, 0.1) is 11.3 Å². The molecule has 0 fully saturated rings. The predicted octanol–water partition coefficient (Wildman–Crippen LogP) is 2.29. The lowest BCUT2D eigenvalue weighted by molar-refractivity contribution is -0.142. The van der Waals surface area contributed by atoms with Crippen LogP contribution >= 0.6 is 0 Å². The maximum atomic E-state index is 12.4. The predicted molar refractivity (Wildman–Crippen MR) is 83.5 cm³/mol. The van der Waals surface area contributed by atoms with Crippen molar-refractivity contribution in [3.63, 3.8) is 0 Å². The van der Waals surface area contributed by atoms with Crippen LogP contribution in [0.3, 0.4) is 0 Å². The molecule has 9 heteroatoms. The SMILES string of the molecule is Cc1nn(CC(F)(F)F)cc1C(=O)Nc1ccc2c(c1)C(=O)NCC2. The normalized spacial score (nSPS) is 14.0. The number of halogens is 3. The van der Waals surface area contributed by atoms with Crippen molar-refractivity contribution in [3.05, 3.63) is 46.8 Å². The molecule has 0 bridgehead atoms. The Morgan fingerprint density at radius 1 is 1.40 bits per heavy atom. The molecule has 2 heterocycles. The van der Waals surface area contributed by atoms with E-state index in [1.54, 1.807) is 18.2 Å². The summed E-state index contributed by atoms with van der Waals surface area (Å²) in [5.41, 5.74) is 2.00. The van der Waals surface area contributed by atoms with Gasteiger partial charge in [-0.3, -0.25) is 14.3 Å². The van der Waals surface area contributed by atoms with E-state index < -0.39 is 18.6 Å². The van der Waals surface area contributed by atoms with E-state index in [1.807, 2.05) is 0 Å². The van der Waals surface area contributed by atoms with Gasteiger partial charge >= 0.3 is 6.18 Å². The van der Waals surface area contributed by atoms with Crippen LogP contribution in [0, 0.1) is 6.92 Å². The monoisotopic (exact) mass is 352 g/mol. The summed E-state index contributed by atoms with van der Waals surface area (Å²) in [4.78, 5) is 24.2. The number of rotatable bonds is 3. The van der Waals surface area contributed by atoms with Gasteiger partial charge in [0.2, 0.25) is 0 Å². The topological polar surface area (TPSA) is 76.0 Å². The second kappa shape index (κ2) is 6.23. The minimum Gasteiger partial charge on any atom is -0.352 e. The number of anilines is 1. The van der Waals surface area contributed by atoms with Crippen LogP contribution < -0.4 is 10.6 Å². The summed E-state index contributed by atoms with van der Waals surface area (Å²) >= 11 is 0. The van der Waals surface area contributed by atoms with E-state index in [2.05, 4.69) is 15.7 Å². The summed E-state index contributed by atoms with van der Waals surface area (Å²) < 4.78 is 38.0. The number of hydrogen-bond acceptors (Lipinski definition) is 3. The smallest absolute Gasteiger partial charge is 0.352 e. The third kappa shape index (κ3) is 3.81. The summed E-state index contributed by atoms with van der Waals surface area (Å²) in [6.45, 7) is 0.761. The first-order chi connectivity index (χ1) is 11.7. The molecule has 25 heavy (non-hydrogen) atoms. The fourth-order valence-electron chi connectivity index (χ4n) is 2.69. The van der Waals surface area contributed by atoms with Gasteiger partial charge < -0.3 is 10.6 Å². The van der Waals surface area contributed by atoms with Crippen molar-refractivity contribution in [1.82, 2.24) is 15.1 Å². The van der Waals surface area contributed by atoms with Gasteiger partial charge in [-0.1, -0.05) is 6.07 Å². The number of amides is 2. The first-order valence-corrected chi connectivity index (χ1v) is 7.56. The van der Waals surface area contributed by atoms with Crippen LogP contribution in [0.4, 0.5) is 18.9 Å². The summed E-state index contributed by atoms with van der Waals surface area (Å²) in [7, 11) is 0. The number of aromatic nitrogens is 2. The van der Waals surface area contributed by atoms with Crippen LogP contribution in [0.25, 0.3) is 0 Å². The van der Waals surface area contributed by atoms with Gasteiger partial charge in [0, 0.05) is 24.0 Å². The van der Waals surface area contributed by atoms with Gasteiger partial charge in [-0.15, -0.1) is 0 Å². The molecule has 3 rings (SSSR count). The van der Waals surface area contributed by atoms with Crippen molar-refractivity contribution in [2.45, 2.75) is 26.1 Å². The van der Waals surface area contributed by atoms with Crippen molar-refractivity contribution in [1.29, 1.82) is 0 Å². The molecule has 0 saturated heterocycles. The van der Waals surface area contributed by atoms with Gasteiger partial charge in [-0.2, -0.15) is 18.3 Å². The largest absolute Gasteiger partial charge is 0.408 e. The Balaban J connectivity index is 1.79. The van der Waals surface area contributed by atoms with E-state index in [0.717, 1.165) is 11.8 Å². The first kappa shape index (κ1) is 17.0. The third-order valence-electron chi connectivity index (χ3n) is 3.82. The standard InChI is InChI=1S/C16H15F3N4O2/c1-9-13(7-23(22-9)8-16(17,18)19)15(25)21-11-3-2-10-4-5-20-14(24)12(10)6-11/h2-3,6-7H,4-5,8H2,1H3,(H,20,24)(H,21,25). The molecule has 0 spiro atoms. The highest BCUT2D eigenvalue weighted by Crippen LogP contribution is 2.21. The molecule has 132 valence electrons. The number of alkyl halides is 3. The maximum absolute atomic E-state index is 12.4. The molecule has 2 amide bonds. The first-order valence-electron chi connectivity index (χ1n) is 7.56. The zero-order chi connectivity index (χ0) is 18.2. The highest BCUT2D eigenvalue weighted by molar-refractivity contribution is 6.06. The van der Waals surface area contributed by atoms with Gasteiger partial charge in [-0.05, 0) is 31.0 Å². The number of benzene rings is 1. The molecule has 0 atom stereocenters. The van der Waals surface area contributed by atoms with Gasteiger partial charge in [0.15, 0.2) is 0 Å². The molecular weight excluding hydrogens is 337 g/mol. The average Bonchev–Trinajstić information content (AvgIpc) is 2.86. The molecule has 1 aliphatic rings. The molecule has 1 aliphatic heterocycles. The molecule has 0 saturated carbocycles. The summed E-state index contributed by atoms with van der Waals surface area (Å²) in [5.74, 6) is -0.798. The summed E-state index contributed by atoms with van der Waals surface area (Å²) in [5, 5.41) is 9.02. The zero-order valence-corrected chi connectivity index (χ0v) is 13.3. The number of fused-ring (bicyclic) bond motifs is 1. The van der Waals surface area contributed by atoms with Crippen LogP contribution in [0.5, 0.6) is 0 Å². The molecule has 0 aliphatic carbocycles. The minimum absolute atomic E-state index is 0.0476. The van der Waals surface area contributed by atoms with Crippen molar-refractivity contribution in [2.75, 3.05) is 11.9 Å². The quantitative estimate of drug-likeness (QED) is 0.890. The van der Waals surface area contributed by atoms with E-state index in [4.69, 9.17) is 0 Å². The number of carbonyl (C=O) groups excluding carboxylic acids is 2. The third-order valence-corrected chi connectivity index (χ3v) is 3.82. The number of hydrogen-bond donors (Lipinski definition) is 2. The van der Waals surface area contributed by atoms with E-state index in [-0.39, 0.29) is 17.2 Å². The van der Waals surface area contributed by atoms with E-state index in [0.29, 0.717) is 28.9 Å². The number of aryl methyl sites for hydroxylation is 1. The lowest BCUT2D eigenvalue weighted by Gasteiger charge is -2.17. The Labute approximate surface area is 141 Å². The molecular formula is C16H15F3N4O2. The number of nitrogens with one attached hydrogen (secondary N) is 2. The molecule has 1 aromatic carbocycles. The Hall–Kier alpha value is -2.84. The van der Waals surface area contributed by atoms with Crippen molar-refractivity contribution in [2.24, 2.45) is 0 Å². The van der Waals surface area contributed by atoms with Crippen LogP contribution in [0.2, 0.25) is 0 Å². The Morgan fingerprint density at radius 3 is 2.88 bits per heavy atom. The fourth-order valence-corrected chi connectivity index (χ4v) is 2.69. The fraction of sp³-hybridized carbons (Fsp3) is 0.312. The Bertz CT molecular complexity index is 842. The number of carbonyl (C=O) groups is 2. The molecule has 0 radical (unpaired) electrons. The molecule has 1 aromatic heterocycles. The van der Waals surface area contributed by atoms with Gasteiger partial charge in [0.25, 0.3) is 11.8 Å². The molecule has 6 nitrogen and oxygen atoms in total. The summed E-state index contributed by atoms with van der Waals surface area (Å²) in [6.07, 6.45) is -2.65. The van der Waals surface area contributed by atoms with Crippen LogP contribution in [-0.2, 0) is 13.0 Å². The minimum atomic E-state index is -4.42. The lowest BCUT2D eigenvalue weighted by Crippen LogP contribution is -2.31. The lowest BCUT2D eigenvalue weighted by atomic mass is 10.00. The molecule has 0 unspecified atom stereocenters. The van der Waals surface area contributed by atoms with E-state index >= 15 is 0 Å². The molecule has 2 N–H and O–H groups in total. The van der Waals surface area contributed by atoms with E-state index in [1.165, 1.54) is 6.92 Å². The van der Waals surface area contributed by atoms with Crippen molar-refractivity contribution >= 4 is 17.5 Å². The zero-order valence-electron chi connectivity index (χ0n) is 13.3. The van der Waals surface area contributed by atoms with Crippen molar-refractivity contribution in [3.8, 4) is 0 Å². The maximum Gasteiger partial charge on any atom is 0.408 e. The highest BCUT2D eigenvalue weighted by atomic mass is 19.4. The number of nitrogens with zero attached hydrogens (tertiary/aromatic N) is 2. The average molecular weight is 352 g/mol. The van der Waals surface area contributed by atoms with Crippen LogP contribution in [-0.4, -0.2) is 34.3 Å². The Kier molecular flexibility index (Phi) is 4.23. The highest BCUT2D eigenvalue weighted by Gasteiger charge is 2.29.